The Morgan fingerprint density at radius 3 is 2.74 bits per heavy atom. The maximum atomic E-state index is 11.9. The van der Waals surface area contributed by atoms with Crippen LogP contribution in [-0.2, 0) is 6.54 Å². The zero-order chi connectivity index (χ0) is 16.4. The first-order valence-electron chi connectivity index (χ1n) is 7.02. The highest BCUT2D eigenvalue weighted by Gasteiger charge is 2.05. The van der Waals surface area contributed by atoms with E-state index in [1.165, 1.54) is 6.92 Å². The van der Waals surface area contributed by atoms with Crippen molar-refractivity contribution in [2.75, 3.05) is 11.1 Å². The number of pyridine rings is 1. The molecule has 0 spiro atoms. The lowest BCUT2D eigenvalue weighted by Crippen LogP contribution is -2.12. The van der Waals surface area contributed by atoms with Gasteiger partial charge in [0.15, 0.2) is 11.4 Å². The summed E-state index contributed by atoms with van der Waals surface area (Å²) in [6.07, 6.45) is 1.60. The number of carbonyl (C=O) groups excluding carboxylic acids is 1. The van der Waals surface area contributed by atoms with Gasteiger partial charge in [-0.15, -0.1) is 0 Å². The van der Waals surface area contributed by atoms with Crippen LogP contribution < -0.4 is 16.6 Å². The number of hydrogen-bond acceptors (Lipinski definition) is 6. The Hall–Kier alpha value is -3.22. The van der Waals surface area contributed by atoms with Gasteiger partial charge in [0.2, 0.25) is 5.95 Å². The van der Waals surface area contributed by atoms with E-state index < -0.39 is 0 Å². The van der Waals surface area contributed by atoms with Crippen molar-refractivity contribution in [2.24, 2.45) is 0 Å². The van der Waals surface area contributed by atoms with Gasteiger partial charge in [0.25, 0.3) is 5.56 Å². The largest absolute Gasteiger partial charge is 0.380 e. The van der Waals surface area contributed by atoms with Crippen molar-refractivity contribution < 1.29 is 4.79 Å². The Balaban J connectivity index is 1.79. The van der Waals surface area contributed by atoms with Crippen LogP contribution in [0.4, 0.5) is 11.6 Å². The number of fused-ring (bicyclic) bond motifs is 1. The third-order valence-electron chi connectivity index (χ3n) is 3.44. The number of ketones is 1. The molecule has 4 N–H and O–H groups in total. The molecule has 0 aliphatic rings. The van der Waals surface area contributed by atoms with E-state index in [9.17, 15) is 9.59 Å². The summed E-state index contributed by atoms with van der Waals surface area (Å²) in [7, 11) is 0. The number of aromatic amines is 1. The zero-order valence-corrected chi connectivity index (χ0v) is 12.5. The number of nitrogens with one attached hydrogen (secondary N) is 2. The summed E-state index contributed by atoms with van der Waals surface area (Å²) in [5, 5.41) is 3.56. The van der Waals surface area contributed by atoms with E-state index in [4.69, 9.17) is 5.73 Å². The molecule has 0 aliphatic carbocycles. The lowest BCUT2D eigenvalue weighted by atomic mass is 10.1. The molecule has 116 valence electrons. The van der Waals surface area contributed by atoms with Gasteiger partial charge in [-0.1, -0.05) is 24.3 Å². The summed E-state index contributed by atoms with van der Waals surface area (Å²) >= 11 is 0. The van der Waals surface area contributed by atoms with Crippen molar-refractivity contribution in [3.8, 4) is 0 Å². The van der Waals surface area contributed by atoms with E-state index in [-0.39, 0.29) is 17.3 Å². The van der Waals surface area contributed by atoms with Gasteiger partial charge in [0, 0.05) is 12.1 Å². The Morgan fingerprint density at radius 2 is 2.04 bits per heavy atom. The number of anilines is 2. The number of hydrogen-bond donors (Lipinski definition) is 3. The molecule has 0 radical (unpaired) electrons. The van der Waals surface area contributed by atoms with Gasteiger partial charge in [-0.05, 0) is 18.6 Å². The molecule has 0 fully saturated rings. The highest BCUT2D eigenvalue weighted by atomic mass is 16.1. The van der Waals surface area contributed by atoms with Crippen LogP contribution in [0.15, 0.2) is 41.3 Å². The first-order valence-corrected chi connectivity index (χ1v) is 7.02. The molecule has 0 saturated carbocycles. The third-order valence-corrected chi connectivity index (χ3v) is 3.44. The molecule has 0 saturated heterocycles. The quantitative estimate of drug-likeness (QED) is 0.632. The van der Waals surface area contributed by atoms with Gasteiger partial charge in [0.05, 0.1) is 17.3 Å². The van der Waals surface area contributed by atoms with E-state index in [2.05, 4.69) is 20.3 Å². The van der Waals surface area contributed by atoms with Crippen LogP contribution in [0.3, 0.4) is 0 Å². The monoisotopic (exact) mass is 309 g/mol. The van der Waals surface area contributed by atoms with Crippen LogP contribution in [0.25, 0.3) is 11.0 Å². The maximum absolute atomic E-state index is 11.9. The van der Waals surface area contributed by atoms with Crippen LogP contribution >= 0.6 is 0 Å². The molecule has 2 aromatic heterocycles. The number of Topliss-reactive ketones (excluding diaryl/α,β-unsaturated/α-hetero) is 1. The van der Waals surface area contributed by atoms with Crippen molar-refractivity contribution in [3.05, 3.63) is 58.0 Å². The summed E-state index contributed by atoms with van der Waals surface area (Å²) in [6.45, 7) is 2.08. The summed E-state index contributed by atoms with van der Waals surface area (Å²) in [4.78, 5) is 33.6. The molecule has 3 rings (SSSR count). The molecule has 1 aromatic carbocycles. The molecule has 0 atom stereocenters. The van der Waals surface area contributed by atoms with Gasteiger partial charge in [-0.2, -0.15) is 4.98 Å². The maximum Gasteiger partial charge on any atom is 0.261 e. The van der Waals surface area contributed by atoms with E-state index >= 15 is 0 Å². The molecule has 0 amide bonds. The molecule has 23 heavy (non-hydrogen) atoms. The minimum absolute atomic E-state index is 0.0363. The number of H-pyrrole nitrogens is 1. The number of nitrogens with zero attached hydrogens (tertiary/aromatic N) is 2. The number of rotatable bonds is 4. The standard InChI is InChI=1S/C16H15N5O2/c1-9(22)11-4-2-10(3-5-11)7-18-12-6-13-14(19-8-12)20-16(17)21-15(13)23/h2-6,8,18H,7H2,1H3,(H3,17,19,20,21,23). The first kappa shape index (κ1) is 14.7. The normalized spacial score (nSPS) is 10.7. The predicted octanol–water partition coefficient (Wildman–Crippen LogP) is 1.71. The number of benzene rings is 1. The topological polar surface area (TPSA) is 114 Å². The number of nitrogens with two attached hydrogens (primary N) is 1. The van der Waals surface area contributed by atoms with E-state index in [0.717, 1.165) is 5.56 Å². The lowest BCUT2D eigenvalue weighted by molar-refractivity contribution is 0.101. The van der Waals surface area contributed by atoms with Crippen LogP contribution in [0, 0.1) is 0 Å². The average Bonchev–Trinajstić information content (AvgIpc) is 2.53. The summed E-state index contributed by atoms with van der Waals surface area (Å²) < 4.78 is 0. The molecule has 7 heteroatoms. The molecule has 0 aliphatic heterocycles. The van der Waals surface area contributed by atoms with Crippen molar-refractivity contribution >= 4 is 28.5 Å². The first-order chi connectivity index (χ1) is 11.0. The van der Waals surface area contributed by atoms with Gasteiger partial charge in [0.1, 0.15) is 0 Å². The summed E-state index contributed by atoms with van der Waals surface area (Å²) in [6, 6.07) is 9.02. The molecular formula is C16H15N5O2. The third kappa shape index (κ3) is 3.18. The number of aromatic nitrogens is 3. The second kappa shape index (κ2) is 5.88. The second-order valence-electron chi connectivity index (χ2n) is 5.15. The molecule has 2 heterocycles. The van der Waals surface area contributed by atoms with Crippen molar-refractivity contribution in [1.29, 1.82) is 0 Å². The van der Waals surface area contributed by atoms with Gasteiger partial charge in [-0.3, -0.25) is 14.6 Å². The van der Waals surface area contributed by atoms with Crippen LogP contribution in [0.5, 0.6) is 0 Å². The van der Waals surface area contributed by atoms with Crippen molar-refractivity contribution in [2.45, 2.75) is 13.5 Å². The summed E-state index contributed by atoms with van der Waals surface area (Å²) in [5.74, 6) is 0.0792. The Morgan fingerprint density at radius 1 is 1.30 bits per heavy atom. The molecule has 0 unspecified atom stereocenters. The zero-order valence-electron chi connectivity index (χ0n) is 12.5. The average molecular weight is 309 g/mol. The van der Waals surface area contributed by atoms with E-state index in [1.807, 2.05) is 12.1 Å². The van der Waals surface area contributed by atoms with E-state index in [0.29, 0.717) is 28.8 Å². The minimum atomic E-state index is -0.325. The van der Waals surface area contributed by atoms with Crippen LogP contribution in [-0.4, -0.2) is 20.7 Å². The predicted molar refractivity (Wildman–Crippen MR) is 88.3 cm³/mol. The Kier molecular flexibility index (Phi) is 3.76. The number of carbonyl (C=O) groups is 1. The van der Waals surface area contributed by atoms with Crippen LogP contribution in [0.1, 0.15) is 22.8 Å². The van der Waals surface area contributed by atoms with E-state index in [1.54, 1.807) is 24.4 Å². The van der Waals surface area contributed by atoms with Crippen molar-refractivity contribution in [1.82, 2.24) is 15.0 Å². The van der Waals surface area contributed by atoms with Gasteiger partial charge < -0.3 is 11.1 Å². The second-order valence-corrected chi connectivity index (χ2v) is 5.15. The van der Waals surface area contributed by atoms with Gasteiger partial charge in [-0.25, -0.2) is 4.98 Å². The highest BCUT2D eigenvalue weighted by molar-refractivity contribution is 5.94. The molecule has 7 nitrogen and oxygen atoms in total. The Bertz CT molecular complexity index is 931. The highest BCUT2D eigenvalue weighted by Crippen LogP contribution is 2.14. The molecule has 3 aromatic rings. The lowest BCUT2D eigenvalue weighted by Gasteiger charge is -2.07. The number of nitrogen functional groups attached to an aromatic ring is 1. The fourth-order valence-electron chi connectivity index (χ4n) is 2.20. The molecule has 0 bridgehead atoms. The van der Waals surface area contributed by atoms with Crippen LogP contribution in [0.2, 0.25) is 0 Å². The molecular weight excluding hydrogens is 294 g/mol. The summed E-state index contributed by atoms with van der Waals surface area (Å²) in [5.41, 5.74) is 7.86. The smallest absolute Gasteiger partial charge is 0.261 e. The van der Waals surface area contributed by atoms with Gasteiger partial charge >= 0.3 is 0 Å². The minimum Gasteiger partial charge on any atom is -0.380 e. The van der Waals surface area contributed by atoms with Crippen molar-refractivity contribution in [3.63, 3.8) is 0 Å². The fraction of sp³-hybridized carbons (Fsp3) is 0.125. The Labute approximate surface area is 131 Å². The fourth-order valence-corrected chi connectivity index (χ4v) is 2.20. The SMILES string of the molecule is CC(=O)c1ccc(CNc2cnc3nc(N)[nH]c(=O)c3c2)cc1.